The number of carbonyl (C=O) groups excluding carboxylic acids is 1. The molecule has 1 aliphatic heterocycles. The Hall–Kier alpha value is -1.35. The number of Topliss-reactive ketones (excluding diaryl/α,β-unsaturated/α-hetero) is 1. The first kappa shape index (κ1) is 21.9. The van der Waals surface area contributed by atoms with Gasteiger partial charge in [-0.1, -0.05) is 48.0 Å². The lowest BCUT2D eigenvalue weighted by Crippen LogP contribution is -2.30. The lowest BCUT2D eigenvalue weighted by Gasteiger charge is -2.28. The minimum atomic E-state index is -0.200. The van der Waals surface area contributed by atoms with Crippen molar-refractivity contribution in [3.63, 3.8) is 0 Å². The predicted octanol–water partition coefficient (Wildman–Crippen LogP) is 5.83. The number of benzene rings is 1. The third-order valence-corrected chi connectivity index (χ3v) is 5.62. The van der Waals surface area contributed by atoms with Gasteiger partial charge in [0.05, 0.1) is 0 Å². The average molecular weight is 374 g/mol. The van der Waals surface area contributed by atoms with Crippen LogP contribution < -0.4 is 0 Å². The lowest BCUT2D eigenvalue weighted by molar-refractivity contribution is 0.0977. The summed E-state index contributed by atoms with van der Waals surface area (Å²) in [4.78, 5) is 15.4. The zero-order chi connectivity index (χ0) is 20.2. The Kier molecular flexibility index (Phi) is 7.13. The van der Waals surface area contributed by atoms with Gasteiger partial charge in [-0.25, -0.2) is 0 Å². The molecule has 0 aromatic heterocycles. The van der Waals surface area contributed by atoms with E-state index in [1.54, 1.807) is 0 Å². The minimum absolute atomic E-state index is 0.199. The fourth-order valence-electron chi connectivity index (χ4n) is 3.89. The molecule has 1 N–H and O–H groups in total. The number of unbranched alkanes of at least 4 members (excludes halogenated alkanes) is 1. The van der Waals surface area contributed by atoms with Gasteiger partial charge < -0.3 is 10.0 Å². The Bertz CT molecular complexity index is 608. The minimum Gasteiger partial charge on any atom is -0.507 e. The van der Waals surface area contributed by atoms with Crippen molar-refractivity contribution in [1.29, 1.82) is 0 Å². The van der Waals surface area contributed by atoms with Gasteiger partial charge in [-0.3, -0.25) is 4.79 Å². The second-order valence-electron chi connectivity index (χ2n) is 10.2. The summed E-state index contributed by atoms with van der Waals surface area (Å²) in [6.07, 6.45) is 6.61. The summed E-state index contributed by atoms with van der Waals surface area (Å²) in [5.74, 6) is 0.543. The number of phenols is 1. The molecule has 152 valence electrons. The third-order valence-electron chi connectivity index (χ3n) is 5.62. The van der Waals surface area contributed by atoms with Gasteiger partial charge in [-0.15, -0.1) is 0 Å². The van der Waals surface area contributed by atoms with Crippen molar-refractivity contribution in [3.05, 3.63) is 28.8 Å². The second-order valence-corrected chi connectivity index (χ2v) is 10.2. The number of piperidine rings is 1. The highest BCUT2D eigenvalue weighted by molar-refractivity contribution is 5.96. The highest BCUT2D eigenvalue weighted by Crippen LogP contribution is 2.40. The van der Waals surface area contributed by atoms with Crippen LogP contribution in [0.15, 0.2) is 12.1 Å². The highest BCUT2D eigenvalue weighted by Gasteiger charge is 2.27. The Labute approximate surface area is 166 Å². The Morgan fingerprint density at radius 1 is 0.926 bits per heavy atom. The van der Waals surface area contributed by atoms with E-state index in [-0.39, 0.29) is 16.6 Å². The van der Waals surface area contributed by atoms with Crippen molar-refractivity contribution in [3.8, 4) is 5.75 Å². The number of nitrogens with zero attached hydrogens (tertiary/aromatic N) is 1. The van der Waals surface area contributed by atoms with Crippen molar-refractivity contribution in [1.82, 2.24) is 4.90 Å². The summed E-state index contributed by atoms with van der Waals surface area (Å²) < 4.78 is 0. The van der Waals surface area contributed by atoms with E-state index in [9.17, 15) is 9.90 Å². The Morgan fingerprint density at radius 2 is 1.44 bits per heavy atom. The van der Waals surface area contributed by atoms with Crippen LogP contribution in [0.2, 0.25) is 0 Å². The van der Waals surface area contributed by atoms with Crippen molar-refractivity contribution in [2.45, 2.75) is 90.9 Å². The molecule has 0 amide bonds. The molecule has 0 aliphatic carbocycles. The quantitative estimate of drug-likeness (QED) is 0.504. The monoisotopic (exact) mass is 373 g/mol. The number of phenolic OH excluding ortho intramolecular Hbond substituents is 1. The van der Waals surface area contributed by atoms with Crippen LogP contribution in [0.1, 0.15) is 102 Å². The molecule has 27 heavy (non-hydrogen) atoms. The maximum atomic E-state index is 12.9. The molecule has 0 radical (unpaired) electrons. The van der Waals surface area contributed by atoms with Gasteiger partial charge in [0.1, 0.15) is 5.75 Å². The summed E-state index contributed by atoms with van der Waals surface area (Å²) in [5.41, 5.74) is 2.09. The van der Waals surface area contributed by atoms with Crippen molar-refractivity contribution in [2.75, 3.05) is 19.6 Å². The zero-order valence-corrected chi connectivity index (χ0v) is 18.3. The van der Waals surface area contributed by atoms with Crippen molar-refractivity contribution in [2.24, 2.45) is 0 Å². The van der Waals surface area contributed by atoms with Gasteiger partial charge in [0, 0.05) is 23.1 Å². The molecular formula is C24H39NO2. The highest BCUT2D eigenvalue weighted by atomic mass is 16.3. The summed E-state index contributed by atoms with van der Waals surface area (Å²) in [7, 11) is 0. The number of hydrogen-bond acceptors (Lipinski definition) is 3. The van der Waals surface area contributed by atoms with Crippen LogP contribution in [-0.2, 0) is 10.8 Å². The van der Waals surface area contributed by atoms with E-state index in [0.29, 0.717) is 12.2 Å². The van der Waals surface area contributed by atoms with E-state index < -0.39 is 0 Å². The molecule has 0 atom stereocenters. The summed E-state index contributed by atoms with van der Waals surface area (Å²) >= 11 is 0. The molecule has 3 nitrogen and oxygen atoms in total. The SMILES string of the molecule is CC(C)(C)c1cc(C(=O)CCCCN2CCCCC2)cc(C(C)(C)C)c1O. The van der Waals surface area contributed by atoms with Crippen LogP contribution in [0.3, 0.4) is 0 Å². The van der Waals surface area contributed by atoms with Gasteiger partial charge in [-0.05, 0) is 68.3 Å². The molecule has 1 heterocycles. The van der Waals surface area contributed by atoms with Crippen LogP contribution in [0.4, 0.5) is 0 Å². The van der Waals surface area contributed by atoms with Crippen molar-refractivity contribution >= 4 is 5.78 Å². The van der Waals surface area contributed by atoms with Gasteiger partial charge in [-0.2, -0.15) is 0 Å². The van der Waals surface area contributed by atoms with E-state index in [1.165, 1.54) is 32.4 Å². The number of rotatable bonds is 6. The molecule has 3 heteroatoms. The molecule has 1 fully saturated rings. The van der Waals surface area contributed by atoms with Crippen LogP contribution in [0, 0.1) is 0 Å². The standard InChI is InChI=1S/C24H39NO2/c1-23(2,3)19-16-18(17-20(22(19)27)24(4,5)6)21(26)12-8-11-15-25-13-9-7-10-14-25/h16-17,27H,7-15H2,1-6H3. The van der Waals surface area contributed by atoms with Crippen LogP contribution in [0.5, 0.6) is 5.75 Å². The Morgan fingerprint density at radius 3 is 1.93 bits per heavy atom. The Balaban J connectivity index is 2.08. The molecule has 0 saturated carbocycles. The van der Waals surface area contributed by atoms with Gasteiger partial charge in [0.25, 0.3) is 0 Å². The summed E-state index contributed by atoms with van der Waals surface area (Å²) in [6, 6.07) is 3.83. The zero-order valence-electron chi connectivity index (χ0n) is 18.3. The topological polar surface area (TPSA) is 40.5 Å². The fraction of sp³-hybridized carbons (Fsp3) is 0.708. The van der Waals surface area contributed by atoms with Gasteiger partial charge in [0.2, 0.25) is 0 Å². The van der Waals surface area contributed by atoms with E-state index in [4.69, 9.17) is 0 Å². The molecule has 0 spiro atoms. The van der Waals surface area contributed by atoms with E-state index in [2.05, 4.69) is 46.4 Å². The van der Waals surface area contributed by atoms with E-state index in [1.807, 2.05) is 12.1 Å². The first-order valence-corrected chi connectivity index (χ1v) is 10.6. The van der Waals surface area contributed by atoms with Gasteiger partial charge in [0.15, 0.2) is 5.78 Å². The summed E-state index contributed by atoms with van der Waals surface area (Å²) in [5, 5.41) is 10.8. The molecule has 1 aliphatic rings. The van der Waals surface area contributed by atoms with E-state index >= 15 is 0 Å². The lowest BCUT2D eigenvalue weighted by atomic mass is 9.78. The van der Waals surface area contributed by atoms with Crippen LogP contribution >= 0.6 is 0 Å². The number of likely N-dealkylation sites (tertiary alicyclic amines) is 1. The second kappa shape index (κ2) is 8.77. The molecule has 1 aromatic carbocycles. The number of carbonyl (C=O) groups is 1. The van der Waals surface area contributed by atoms with Crippen LogP contribution in [-0.4, -0.2) is 35.4 Å². The maximum Gasteiger partial charge on any atom is 0.162 e. The largest absolute Gasteiger partial charge is 0.507 e. The number of hydrogen-bond donors (Lipinski definition) is 1. The molecule has 1 aromatic rings. The van der Waals surface area contributed by atoms with Crippen LogP contribution in [0.25, 0.3) is 0 Å². The molecule has 0 bridgehead atoms. The molecule has 1 saturated heterocycles. The fourth-order valence-corrected chi connectivity index (χ4v) is 3.89. The van der Waals surface area contributed by atoms with Gasteiger partial charge >= 0.3 is 0 Å². The molecular weight excluding hydrogens is 334 g/mol. The first-order chi connectivity index (χ1) is 12.5. The average Bonchev–Trinajstić information content (AvgIpc) is 2.57. The molecule has 2 rings (SSSR count). The third kappa shape index (κ3) is 6.07. The maximum absolute atomic E-state index is 12.9. The summed E-state index contributed by atoms with van der Waals surface area (Å²) in [6.45, 7) is 16.1. The predicted molar refractivity (Wildman–Crippen MR) is 114 cm³/mol. The number of ketones is 1. The smallest absolute Gasteiger partial charge is 0.162 e. The number of aromatic hydroxyl groups is 1. The van der Waals surface area contributed by atoms with E-state index in [0.717, 1.165) is 36.1 Å². The normalized spacial score (nSPS) is 16.5. The first-order valence-electron chi connectivity index (χ1n) is 10.6. The van der Waals surface area contributed by atoms with Crippen molar-refractivity contribution < 1.29 is 9.90 Å². The molecule has 0 unspecified atom stereocenters.